The van der Waals surface area contributed by atoms with Crippen molar-refractivity contribution in [1.29, 1.82) is 0 Å². The second-order valence-electron chi connectivity index (χ2n) is 4.38. The van der Waals surface area contributed by atoms with E-state index in [9.17, 15) is 4.39 Å². The first kappa shape index (κ1) is 10.9. The lowest BCUT2D eigenvalue weighted by molar-refractivity contribution is 0.107. The number of aromatic nitrogens is 1. The normalized spacial score (nSPS) is 20.1. The van der Waals surface area contributed by atoms with Gasteiger partial charge in [-0.3, -0.25) is 0 Å². The fraction of sp³-hybridized carbons (Fsp3) is 0.583. The SMILES string of the molecule is FC1(Cc2ccc(Cl)nc2)CCCCC1. The molecule has 2 rings (SSSR count). The molecule has 0 atom stereocenters. The summed E-state index contributed by atoms with van der Waals surface area (Å²) in [6.45, 7) is 0. The van der Waals surface area contributed by atoms with Gasteiger partial charge in [0.2, 0.25) is 0 Å². The maximum absolute atomic E-state index is 14.3. The van der Waals surface area contributed by atoms with Crippen molar-refractivity contribution in [1.82, 2.24) is 4.98 Å². The van der Waals surface area contributed by atoms with Gasteiger partial charge in [0.15, 0.2) is 0 Å². The summed E-state index contributed by atoms with van der Waals surface area (Å²) >= 11 is 5.68. The highest BCUT2D eigenvalue weighted by atomic mass is 35.5. The fourth-order valence-electron chi connectivity index (χ4n) is 2.24. The molecule has 0 saturated heterocycles. The van der Waals surface area contributed by atoms with Crippen LogP contribution >= 0.6 is 11.6 Å². The topological polar surface area (TPSA) is 12.9 Å². The van der Waals surface area contributed by atoms with E-state index in [0.717, 1.165) is 18.4 Å². The quantitative estimate of drug-likeness (QED) is 0.698. The molecule has 1 fully saturated rings. The van der Waals surface area contributed by atoms with E-state index < -0.39 is 5.67 Å². The Morgan fingerprint density at radius 1 is 1.27 bits per heavy atom. The minimum Gasteiger partial charge on any atom is -0.244 e. The Hall–Kier alpha value is -0.630. The van der Waals surface area contributed by atoms with Gasteiger partial charge in [0.1, 0.15) is 10.8 Å². The summed E-state index contributed by atoms with van der Waals surface area (Å²) < 4.78 is 14.3. The van der Waals surface area contributed by atoms with Crippen LogP contribution < -0.4 is 0 Å². The second kappa shape index (κ2) is 4.48. The summed E-state index contributed by atoms with van der Waals surface area (Å²) in [5.41, 5.74) is -0.0582. The summed E-state index contributed by atoms with van der Waals surface area (Å²) in [5.74, 6) is 0. The van der Waals surface area contributed by atoms with Crippen LogP contribution in [0.3, 0.4) is 0 Å². The monoisotopic (exact) mass is 227 g/mol. The van der Waals surface area contributed by atoms with Crippen LogP contribution in [0.4, 0.5) is 4.39 Å². The van der Waals surface area contributed by atoms with Crippen LogP contribution in [0.2, 0.25) is 5.15 Å². The molecule has 0 bridgehead atoms. The Morgan fingerprint density at radius 2 is 2.00 bits per heavy atom. The van der Waals surface area contributed by atoms with Crippen molar-refractivity contribution < 1.29 is 4.39 Å². The number of pyridine rings is 1. The van der Waals surface area contributed by atoms with Gasteiger partial charge >= 0.3 is 0 Å². The van der Waals surface area contributed by atoms with E-state index in [-0.39, 0.29) is 0 Å². The average molecular weight is 228 g/mol. The second-order valence-corrected chi connectivity index (χ2v) is 4.76. The van der Waals surface area contributed by atoms with Crippen molar-refractivity contribution in [2.24, 2.45) is 0 Å². The Kier molecular flexibility index (Phi) is 3.25. The minimum atomic E-state index is -1.01. The average Bonchev–Trinajstić information content (AvgIpc) is 2.22. The molecule has 0 unspecified atom stereocenters. The van der Waals surface area contributed by atoms with E-state index in [1.807, 2.05) is 6.07 Å². The molecule has 3 heteroatoms. The first-order valence-corrected chi connectivity index (χ1v) is 5.85. The van der Waals surface area contributed by atoms with Gasteiger partial charge in [-0.2, -0.15) is 0 Å². The molecule has 0 radical (unpaired) electrons. The van der Waals surface area contributed by atoms with Gasteiger partial charge in [0.25, 0.3) is 0 Å². The molecule has 1 saturated carbocycles. The maximum Gasteiger partial charge on any atom is 0.129 e. The van der Waals surface area contributed by atoms with Crippen LogP contribution in [-0.4, -0.2) is 10.7 Å². The molecule has 1 aromatic rings. The van der Waals surface area contributed by atoms with Crippen molar-refractivity contribution in [2.75, 3.05) is 0 Å². The predicted molar refractivity (Wildman–Crippen MR) is 59.9 cm³/mol. The Bertz CT molecular complexity index is 317. The number of hydrogen-bond donors (Lipinski definition) is 0. The van der Waals surface area contributed by atoms with E-state index in [1.54, 1.807) is 12.3 Å². The molecule has 15 heavy (non-hydrogen) atoms. The van der Waals surface area contributed by atoms with Crippen LogP contribution in [0.1, 0.15) is 37.7 Å². The predicted octanol–water partition coefficient (Wildman–Crippen LogP) is 3.95. The number of nitrogens with zero attached hydrogens (tertiary/aromatic N) is 1. The largest absolute Gasteiger partial charge is 0.244 e. The van der Waals surface area contributed by atoms with Crippen molar-refractivity contribution in [3.63, 3.8) is 0 Å². The zero-order valence-corrected chi connectivity index (χ0v) is 9.43. The molecule has 1 nitrogen and oxygen atoms in total. The number of halogens is 2. The standard InChI is InChI=1S/C12H15ClFN/c13-11-5-4-10(9-15-11)8-12(14)6-2-1-3-7-12/h4-5,9H,1-3,6-8H2. The molecular formula is C12H15ClFN. The first-order valence-electron chi connectivity index (χ1n) is 5.47. The van der Waals surface area contributed by atoms with Gasteiger partial charge in [0.05, 0.1) is 0 Å². The maximum atomic E-state index is 14.3. The Labute approximate surface area is 94.7 Å². The van der Waals surface area contributed by atoms with Gasteiger partial charge in [-0.15, -0.1) is 0 Å². The van der Waals surface area contributed by atoms with E-state index >= 15 is 0 Å². The third-order valence-electron chi connectivity index (χ3n) is 3.06. The molecular weight excluding hydrogens is 213 g/mol. The highest BCUT2D eigenvalue weighted by Gasteiger charge is 2.31. The molecule has 0 amide bonds. The van der Waals surface area contributed by atoms with E-state index in [1.165, 1.54) is 6.42 Å². The van der Waals surface area contributed by atoms with Crippen molar-refractivity contribution in [2.45, 2.75) is 44.2 Å². The first-order chi connectivity index (χ1) is 7.18. The molecule has 0 spiro atoms. The van der Waals surface area contributed by atoms with E-state index in [0.29, 0.717) is 24.4 Å². The van der Waals surface area contributed by atoms with Gasteiger partial charge in [-0.25, -0.2) is 9.37 Å². The van der Waals surface area contributed by atoms with Crippen molar-refractivity contribution in [3.05, 3.63) is 29.0 Å². The zero-order valence-electron chi connectivity index (χ0n) is 8.68. The molecule has 1 aliphatic carbocycles. The molecule has 82 valence electrons. The summed E-state index contributed by atoms with van der Waals surface area (Å²) in [7, 11) is 0. The van der Waals surface area contributed by atoms with Gasteiger partial charge in [-0.05, 0) is 24.5 Å². The van der Waals surface area contributed by atoms with E-state index in [4.69, 9.17) is 11.6 Å². The van der Waals surface area contributed by atoms with Crippen LogP contribution in [0.25, 0.3) is 0 Å². The highest BCUT2D eigenvalue weighted by molar-refractivity contribution is 6.29. The lowest BCUT2D eigenvalue weighted by Gasteiger charge is -2.29. The molecule has 0 aliphatic heterocycles. The Balaban J connectivity index is 2.03. The number of hydrogen-bond acceptors (Lipinski definition) is 1. The molecule has 1 aliphatic rings. The molecule has 1 aromatic heterocycles. The smallest absolute Gasteiger partial charge is 0.129 e. The molecule has 0 aromatic carbocycles. The highest BCUT2D eigenvalue weighted by Crippen LogP contribution is 2.34. The minimum absolute atomic E-state index is 0.468. The van der Waals surface area contributed by atoms with Crippen molar-refractivity contribution >= 4 is 11.6 Å². The van der Waals surface area contributed by atoms with Crippen LogP contribution in [0, 0.1) is 0 Å². The third kappa shape index (κ3) is 2.91. The van der Waals surface area contributed by atoms with Crippen molar-refractivity contribution in [3.8, 4) is 0 Å². The van der Waals surface area contributed by atoms with Gasteiger partial charge in [0, 0.05) is 12.6 Å². The number of alkyl halides is 1. The zero-order chi connectivity index (χ0) is 10.7. The Morgan fingerprint density at radius 3 is 2.60 bits per heavy atom. The number of rotatable bonds is 2. The summed E-state index contributed by atoms with van der Waals surface area (Å²) in [6, 6.07) is 3.59. The lowest BCUT2D eigenvalue weighted by atomic mass is 9.82. The van der Waals surface area contributed by atoms with Crippen LogP contribution in [0.5, 0.6) is 0 Å². The van der Waals surface area contributed by atoms with Gasteiger partial charge in [-0.1, -0.05) is 36.9 Å². The van der Waals surface area contributed by atoms with E-state index in [2.05, 4.69) is 4.98 Å². The summed E-state index contributed by atoms with van der Waals surface area (Å²) in [5, 5.41) is 0.468. The summed E-state index contributed by atoms with van der Waals surface area (Å²) in [6.07, 6.45) is 6.74. The fourth-order valence-corrected chi connectivity index (χ4v) is 2.35. The van der Waals surface area contributed by atoms with Crippen LogP contribution in [0.15, 0.2) is 18.3 Å². The summed E-state index contributed by atoms with van der Waals surface area (Å²) in [4.78, 5) is 3.97. The molecule has 1 heterocycles. The third-order valence-corrected chi connectivity index (χ3v) is 3.28. The van der Waals surface area contributed by atoms with Gasteiger partial charge < -0.3 is 0 Å². The lowest BCUT2D eigenvalue weighted by Crippen LogP contribution is -2.28. The molecule has 0 N–H and O–H groups in total. The van der Waals surface area contributed by atoms with Crippen LogP contribution in [-0.2, 0) is 6.42 Å².